The zero-order valence-corrected chi connectivity index (χ0v) is 11.9. The first kappa shape index (κ1) is 15.8. The first-order valence-electron chi connectivity index (χ1n) is 5.22. The fraction of sp³-hybridized carbons (Fsp3) is 0.400. The van der Waals surface area contributed by atoms with Crippen molar-refractivity contribution in [2.45, 2.75) is 11.8 Å². The van der Waals surface area contributed by atoms with Gasteiger partial charge >= 0.3 is 0 Å². The first-order valence-corrected chi connectivity index (χ1v) is 7.09. The lowest BCUT2D eigenvalue weighted by molar-refractivity contribution is -0.384. The van der Waals surface area contributed by atoms with Crippen LogP contribution in [0, 0.1) is 17.0 Å². The van der Waals surface area contributed by atoms with E-state index in [1.165, 1.54) is 20.1 Å². The molecule has 0 radical (unpaired) electrons. The minimum Gasteiger partial charge on any atom is -0.383 e. The molecule has 1 aromatic rings. The van der Waals surface area contributed by atoms with Crippen LogP contribution >= 0.6 is 11.6 Å². The van der Waals surface area contributed by atoms with Crippen LogP contribution in [-0.4, -0.2) is 33.6 Å². The molecule has 0 heterocycles. The van der Waals surface area contributed by atoms with Gasteiger partial charge in [0.15, 0.2) is 0 Å². The Morgan fingerprint density at radius 1 is 1.47 bits per heavy atom. The van der Waals surface area contributed by atoms with E-state index in [0.29, 0.717) is 5.56 Å². The van der Waals surface area contributed by atoms with Crippen molar-refractivity contribution in [1.82, 2.24) is 4.72 Å². The molecule has 0 saturated heterocycles. The number of aryl methyl sites for hydroxylation is 1. The van der Waals surface area contributed by atoms with Crippen LogP contribution in [0.5, 0.6) is 0 Å². The Kier molecular flexibility index (Phi) is 5.24. The Morgan fingerprint density at radius 2 is 2.11 bits per heavy atom. The van der Waals surface area contributed by atoms with Crippen LogP contribution in [0.4, 0.5) is 5.69 Å². The van der Waals surface area contributed by atoms with E-state index in [0.717, 1.165) is 6.07 Å². The normalized spacial score (nSPS) is 11.5. The lowest BCUT2D eigenvalue weighted by Gasteiger charge is -2.09. The number of nitro benzene ring substituents is 1. The number of benzene rings is 1. The molecule has 0 fully saturated rings. The molecule has 7 nitrogen and oxygen atoms in total. The molecule has 1 N–H and O–H groups in total. The van der Waals surface area contributed by atoms with Crippen molar-refractivity contribution < 1.29 is 18.1 Å². The van der Waals surface area contributed by atoms with Gasteiger partial charge in [-0.3, -0.25) is 10.1 Å². The lowest BCUT2D eigenvalue weighted by atomic mass is 10.2. The quantitative estimate of drug-likeness (QED) is 0.487. The Balaban J connectivity index is 3.19. The fourth-order valence-corrected chi connectivity index (χ4v) is 2.97. The number of hydrogen-bond donors (Lipinski definition) is 1. The molecule has 0 aromatic heterocycles. The van der Waals surface area contributed by atoms with Crippen LogP contribution < -0.4 is 4.72 Å². The van der Waals surface area contributed by atoms with Gasteiger partial charge in [0.25, 0.3) is 5.69 Å². The summed E-state index contributed by atoms with van der Waals surface area (Å²) >= 11 is 5.70. The van der Waals surface area contributed by atoms with Crippen LogP contribution in [0.1, 0.15) is 5.56 Å². The second-order valence-corrected chi connectivity index (χ2v) is 5.86. The number of sulfonamides is 1. The molecule has 0 saturated carbocycles. The monoisotopic (exact) mass is 308 g/mol. The van der Waals surface area contributed by atoms with Crippen molar-refractivity contribution in [3.05, 3.63) is 32.8 Å². The van der Waals surface area contributed by atoms with Crippen LogP contribution in [-0.2, 0) is 14.8 Å². The predicted octanol–water partition coefficient (Wildman–Crippen LogP) is 1.48. The summed E-state index contributed by atoms with van der Waals surface area (Å²) in [7, 11) is -2.39. The molecule has 19 heavy (non-hydrogen) atoms. The van der Waals surface area contributed by atoms with E-state index in [1.807, 2.05) is 0 Å². The minimum atomic E-state index is -3.83. The fourth-order valence-electron chi connectivity index (χ4n) is 1.43. The second-order valence-electron chi connectivity index (χ2n) is 3.72. The highest BCUT2D eigenvalue weighted by atomic mass is 35.5. The van der Waals surface area contributed by atoms with E-state index in [-0.39, 0.29) is 23.1 Å². The molecule has 0 aliphatic heterocycles. The summed E-state index contributed by atoms with van der Waals surface area (Å²) in [4.78, 5) is 9.87. The van der Waals surface area contributed by atoms with Gasteiger partial charge in [0.05, 0.1) is 16.4 Å². The van der Waals surface area contributed by atoms with Crippen LogP contribution in [0.3, 0.4) is 0 Å². The smallest absolute Gasteiger partial charge is 0.289 e. The average Bonchev–Trinajstić information content (AvgIpc) is 2.28. The highest BCUT2D eigenvalue weighted by molar-refractivity contribution is 7.89. The SMILES string of the molecule is COCCNS(=O)(=O)c1cc([N+](=O)[O-])c(Cl)cc1C. The maximum absolute atomic E-state index is 12.0. The van der Waals surface area contributed by atoms with Gasteiger partial charge in [0, 0.05) is 19.7 Å². The van der Waals surface area contributed by atoms with Gasteiger partial charge in [0.2, 0.25) is 10.0 Å². The Hall–Kier alpha value is -1.22. The number of nitrogens with one attached hydrogen (secondary N) is 1. The first-order chi connectivity index (χ1) is 8.79. The van der Waals surface area contributed by atoms with Gasteiger partial charge in [-0.1, -0.05) is 11.6 Å². The van der Waals surface area contributed by atoms with Crippen LogP contribution in [0.15, 0.2) is 17.0 Å². The Morgan fingerprint density at radius 3 is 2.63 bits per heavy atom. The summed E-state index contributed by atoms with van der Waals surface area (Å²) in [6.45, 7) is 1.79. The van der Waals surface area contributed by atoms with Crippen LogP contribution in [0.2, 0.25) is 5.02 Å². The molecule has 9 heteroatoms. The third kappa shape index (κ3) is 3.87. The third-order valence-corrected chi connectivity index (χ3v) is 4.23. The zero-order valence-electron chi connectivity index (χ0n) is 10.3. The molecule has 0 atom stereocenters. The highest BCUT2D eigenvalue weighted by Crippen LogP contribution is 2.29. The van der Waals surface area contributed by atoms with Gasteiger partial charge in [-0.15, -0.1) is 0 Å². The molecule has 0 bridgehead atoms. The summed E-state index contributed by atoms with van der Waals surface area (Å²) in [5, 5.41) is 10.7. The average molecular weight is 309 g/mol. The molecular weight excluding hydrogens is 296 g/mol. The molecule has 0 aliphatic rings. The number of hydrogen-bond acceptors (Lipinski definition) is 5. The van der Waals surface area contributed by atoms with Crippen molar-refractivity contribution in [3.63, 3.8) is 0 Å². The number of methoxy groups -OCH3 is 1. The molecule has 1 aromatic carbocycles. The summed E-state index contributed by atoms with van der Waals surface area (Å²) in [6, 6.07) is 2.21. The third-order valence-electron chi connectivity index (χ3n) is 2.33. The van der Waals surface area contributed by atoms with E-state index in [1.54, 1.807) is 0 Å². The maximum Gasteiger partial charge on any atom is 0.289 e. The number of halogens is 1. The number of ether oxygens (including phenoxy) is 1. The second kappa shape index (κ2) is 6.29. The van der Waals surface area contributed by atoms with Crippen molar-refractivity contribution in [2.24, 2.45) is 0 Å². The van der Waals surface area contributed by atoms with Gasteiger partial charge in [-0.05, 0) is 18.6 Å². The summed E-state index contributed by atoms with van der Waals surface area (Å²) in [5.74, 6) is 0. The summed E-state index contributed by atoms with van der Waals surface area (Å²) < 4.78 is 31.0. The van der Waals surface area contributed by atoms with Crippen molar-refractivity contribution in [2.75, 3.05) is 20.3 Å². The highest BCUT2D eigenvalue weighted by Gasteiger charge is 2.23. The number of nitro groups is 1. The standard InChI is InChI=1S/C10H13ClN2O5S/c1-7-5-8(11)9(13(14)15)6-10(7)19(16,17)12-3-4-18-2/h5-6,12H,3-4H2,1-2H3. The topological polar surface area (TPSA) is 98.5 Å². The van der Waals surface area contributed by atoms with Gasteiger partial charge < -0.3 is 4.74 Å². The molecule has 106 valence electrons. The van der Waals surface area contributed by atoms with Gasteiger partial charge in [0.1, 0.15) is 5.02 Å². The van der Waals surface area contributed by atoms with Crippen LogP contribution in [0.25, 0.3) is 0 Å². The van der Waals surface area contributed by atoms with E-state index < -0.39 is 20.6 Å². The summed E-state index contributed by atoms with van der Waals surface area (Å²) in [5.41, 5.74) is -0.111. The molecule has 0 amide bonds. The minimum absolute atomic E-state index is 0.0781. The predicted molar refractivity (Wildman–Crippen MR) is 69.9 cm³/mol. The molecule has 0 unspecified atom stereocenters. The van der Waals surface area contributed by atoms with Gasteiger partial charge in [-0.25, -0.2) is 13.1 Å². The maximum atomic E-state index is 12.0. The van der Waals surface area contributed by atoms with Crippen molar-refractivity contribution >= 4 is 27.3 Å². The molecule has 0 spiro atoms. The largest absolute Gasteiger partial charge is 0.383 e. The lowest BCUT2D eigenvalue weighted by Crippen LogP contribution is -2.27. The Labute approximate surface area is 115 Å². The van der Waals surface area contributed by atoms with E-state index in [2.05, 4.69) is 4.72 Å². The zero-order chi connectivity index (χ0) is 14.6. The summed E-state index contributed by atoms with van der Waals surface area (Å²) in [6.07, 6.45) is 0. The van der Waals surface area contributed by atoms with E-state index in [4.69, 9.17) is 16.3 Å². The molecular formula is C10H13ClN2O5S. The van der Waals surface area contributed by atoms with Crippen molar-refractivity contribution in [3.8, 4) is 0 Å². The molecule has 0 aliphatic carbocycles. The number of nitrogens with zero attached hydrogens (tertiary/aromatic N) is 1. The number of rotatable bonds is 6. The Bertz CT molecular complexity index is 588. The van der Waals surface area contributed by atoms with E-state index in [9.17, 15) is 18.5 Å². The van der Waals surface area contributed by atoms with Crippen molar-refractivity contribution in [1.29, 1.82) is 0 Å². The van der Waals surface area contributed by atoms with Gasteiger partial charge in [-0.2, -0.15) is 0 Å². The van der Waals surface area contributed by atoms with E-state index >= 15 is 0 Å². The molecule has 1 rings (SSSR count).